The molecule has 26 heavy (non-hydrogen) atoms. The van der Waals surface area contributed by atoms with Gasteiger partial charge in [0, 0.05) is 5.69 Å². The van der Waals surface area contributed by atoms with Gasteiger partial charge in [0.2, 0.25) is 0 Å². The number of benzene rings is 2. The zero-order valence-electron chi connectivity index (χ0n) is 14.3. The highest BCUT2D eigenvalue weighted by atomic mass is 127. The molecule has 1 atom stereocenters. The summed E-state index contributed by atoms with van der Waals surface area (Å²) in [6, 6.07) is 12.2. The highest BCUT2D eigenvalue weighted by Crippen LogP contribution is 2.35. The number of carbonyl (C=O) groups excluding carboxylic acids is 1. The standard InChI is InChI=1S/C19H18BrIN2O2S/c1-3-11-4-6-13(7-5-11)22-19-23-18(24)16(26-19)10-12-8-14(20)17(25-2)15(21)9-12/h4-10,19,22H,3H2,1-2H3,(H,23,24)/b16-10-/t19-/m1/s1. The Kier molecular flexibility index (Phi) is 6.52. The van der Waals surface area contributed by atoms with E-state index in [1.54, 1.807) is 7.11 Å². The van der Waals surface area contributed by atoms with Crippen LogP contribution in [-0.2, 0) is 11.2 Å². The fourth-order valence-corrected chi connectivity index (χ4v) is 5.43. The number of carbonyl (C=O) groups is 1. The summed E-state index contributed by atoms with van der Waals surface area (Å²) < 4.78 is 7.21. The maximum absolute atomic E-state index is 12.3. The van der Waals surface area contributed by atoms with Crippen LogP contribution in [0, 0.1) is 3.57 Å². The Bertz CT molecular complexity index is 832. The first kappa shape index (κ1) is 19.6. The van der Waals surface area contributed by atoms with Crippen molar-refractivity contribution in [1.29, 1.82) is 0 Å². The first-order valence-corrected chi connectivity index (χ1v) is 10.8. The number of hydrogen-bond donors (Lipinski definition) is 2. The number of thioether (sulfide) groups is 1. The Hall–Kier alpha value is -1.19. The monoisotopic (exact) mass is 544 g/mol. The quantitative estimate of drug-likeness (QED) is 0.400. The summed E-state index contributed by atoms with van der Waals surface area (Å²) in [5.74, 6) is 0.728. The van der Waals surface area contributed by atoms with Gasteiger partial charge in [-0.1, -0.05) is 30.8 Å². The molecule has 0 aliphatic carbocycles. The molecule has 0 radical (unpaired) electrons. The maximum atomic E-state index is 12.3. The molecule has 7 heteroatoms. The lowest BCUT2D eigenvalue weighted by Crippen LogP contribution is -2.30. The molecule has 2 aromatic rings. The Labute approximate surface area is 179 Å². The molecule has 0 spiro atoms. The minimum absolute atomic E-state index is 0.0698. The zero-order valence-corrected chi connectivity index (χ0v) is 18.9. The lowest BCUT2D eigenvalue weighted by Gasteiger charge is -2.12. The number of anilines is 1. The summed E-state index contributed by atoms with van der Waals surface area (Å²) in [7, 11) is 1.64. The molecule has 0 aromatic heterocycles. The molecule has 0 bridgehead atoms. The molecule has 1 saturated heterocycles. The van der Waals surface area contributed by atoms with Gasteiger partial charge in [-0.25, -0.2) is 0 Å². The Morgan fingerprint density at radius 3 is 2.69 bits per heavy atom. The molecular weight excluding hydrogens is 527 g/mol. The SMILES string of the molecule is CCc1ccc(N[C@@H]2NC(=O)/C(=C/c3cc(Br)c(OC)c(I)c3)S2)cc1. The second-order valence-electron chi connectivity index (χ2n) is 5.69. The van der Waals surface area contributed by atoms with E-state index in [0.717, 1.165) is 31.5 Å². The molecule has 2 aromatic carbocycles. The third-order valence-electron chi connectivity index (χ3n) is 3.91. The Balaban J connectivity index is 1.73. The van der Waals surface area contributed by atoms with Crippen molar-refractivity contribution in [2.24, 2.45) is 0 Å². The smallest absolute Gasteiger partial charge is 0.260 e. The molecule has 1 aliphatic heterocycles. The van der Waals surface area contributed by atoms with E-state index in [1.165, 1.54) is 17.3 Å². The Morgan fingerprint density at radius 2 is 2.08 bits per heavy atom. The van der Waals surface area contributed by atoms with Gasteiger partial charge in [-0.3, -0.25) is 4.79 Å². The summed E-state index contributed by atoms with van der Waals surface area (Å²) in [4.78, 5) is 13.0. The summed E-state index contributed by atoms with van der Waals surface area (Å²) in [6.07, 6.45) is 2.91. The van der Waals surface area contributed by atoms with E-state index < -0.39 is 0 Å². The van der Waals surface area contributed by atoms with Gasteiger partial charge in [-0.15, -0.1) is 0 Å². The summed E-state index contributed by atoms with van der Waals surface area (Å²) >= 11 is 7.22. The minimum Gasteiger partial charge on any atom is -0.494 e. The van der Waals surface area contributed by atoms with E-state index in [9.17, 15) is 4.79 Å². The molecule has 1 heterocycles. The van der Waals surface area contributed by atoms with Crippen LogP contribution in [0.2, 0.25) is 0 Å². The lowest BCUT2D eigenvalue weighted by atomic mass is 10.1. The second-order valence-corrected chi connectivity index (χ2v) is 8.86. The van der Waals surface area contributed by atoms with Crippen LogP contribution in [0.25, 0.3) is 6.08 Å². The minimum atomic E-state index is -0.179. The van der Waals surface area contributed by atoms with Gasteiger partial charge in [-0.05, 0) is 86.4 Å². The second kappa shape index (κ2) is 8.67. The van der Waals surface area contributed by atoms with Crippen LogP contribution in [0.4, 0.5) is 5.69 Å². The molecule has 4 nitrogen and oxygen atoms in total. The average molecular weight is 545 g/mol. The molecule has 0 unspecified atom stereocenters. The van der Waals surface area contributed by atoms with Gasteiger partial charge in [0.25, 0.3) is 5.91 Å². The number of aryl methyl sites for hydroxylation is 1. The largest absolute Gasteiger partial charge is 0.494 e. The third kappa shape index (κ3) is 4.55. The summed E-state index contributed by atoms with van der Waals surface area (Å²) in [5, 5.41) is 6.30. The number of nitrogens with one attached hydrogen (secondary N) is 2. The van der Waals surface area contributed by atoms with Crippen molar-refractivity contribution in [2.45, 2.75) is 18.8 Å². The molecule has 1 amide bonds. The summed E-state index contributed by atoms with van der Waals surface area (Å²) in [5.41, 5.74) is 3.05. The van der Waals surface area contributed by atoms with Gasteiger partial charge in [0.05, 0.1) is 20.1 Å². The molecule has 136 valence electrons. The number of halogens is 2. The molecule has 0 saturated carbocycles. The van der Waals surface area contributed by atoms with Crippen molar-refractivity contribution in [2.75, 3.05) is 12.4 Å². The van der Waals surface area contributed by atoms with Crippen LogP contribution < -0.4 is 15.4 Å². The van der Waals surface area contributed by atoms with Crippen LogP contribution in [0.1, 0.15) is 18.1 Å². The van der Waals surface area contributed by atoms with Gasteiger partial charge >= 0.3 is 0 Å². The predicted molar refractivity (Wildman–Crippen MR) is 120 cm³/mol. The van der Waals surface area contributed by atoms with Gasteiger partial charge in [0.15, 0.2) is 5.50 Å². The van der Waals surface area contributed by atoms with Crippen LogP contribution in [0.3, 0.4) is 0 Å². The van der Waals surface area contributed by atoms with Crippen molar-refractivity contribution >= 4 is 68.0 Å². The van der Waals surface area contributed by atoms with E-state index >= 15 is 0 Å². The normalized spacial score (nSPS) is 18.1. The molecule has 1 fully saturated rings. The van der Waals surface area contributed by atoms with Crippen LogP contribution in [0.5, 0.6) is 5.75 Å². The molecule has 2 N–H and O–H groups in total. The molecular formula is C19H18BrIN2O2S. The number of rotatable bonds is 5. The van der Waals surface area contributed by atoms with Crippen molar-refractivity contribution in [1.82, 2.24) is 5.32 Å². The topological polar surface area (TPSA) is 50.4 Å². The average Bonchev–Trinajstić information content (AvgIpc) is 2.94. The van der Waals surface area contributed by atoms with E-state index in [-0.39, 0.29) is 11.4 Å². The van der Waals surface area contributed by atoms with Crippen LogP contribution in [0.15, 0.2) is 45.8 Å². The van der Waals surface area contributed by atoms with Gasteiger partial charge < -0.3 is 15.4 Å². The van der Waals surface area contributed by atoms with E-state index in [1.807, 2.05) is 30.3 Å². The van der Waals surface area contributed by atoms with Gasteiger partial charge in [0.1, 0.15) is 5.75 Å². The lowest BCUT2D eigenvalue weighted by molar-refractivity contribution is -0.116. The van der Waals surface area contributed by atoms with E-state index in [0.29, 0.717) is 4.91 Å². The van der Waals surface area contributed by atoms with Crippen molar-refractivity contribution in [3.05, 3.63) is 60.5 Å². The van der Waals surface area contributed by atoms with Crippen molar-refractivity contribution < 1.29 is 9.53 Å². The third-order valence-corrected chi connectivity index (χ3v) is 6.33. The number of amides is 1. The van der Waals surface area contributed by atoms with Crippen molar-refractivity contribution in [3.8, 4) is 5.75 Å². The highest BCUT2D eigenvalue weighted by Gasteiger charge is 2.27. The molecule has 1 aliphatic rings. The van der Waals surface area contributed by atoms with E-state index in [4.69, 9.17) is 4.74 Å². The fourth-order valence-electron chi connectivity index (χ4n) is 2.56. The van der Waals surface area contributed by atoms with Gasteiger partial charge in [-0.2, -0.15) is 0 Å². The van der Waals surface area contributed by atoms with Crippen LogP contribution >= 0.6 is 50.3 Å². The van der Waals surface area contributed by atoms with Crippen LogP contribution in [-0.4, -0.2) is 18.5 Å². The predicted octanol–water partition coefficient (Wildman–Crippen LogP) is 5.22. The number of hydrogen-bond acceptors (Lipinski definition) is 4. The molecule has 3 rings (SSSR count). The first-order chi connectivity index (χ1) is 12.5. The highest BCUT2D eigenvalue weighted by molar-refractivity contribution is 14.1. The summed E-state index contributed by atoms with van der Waals surface area (Å²) in [6.45, 7) is 2.13. The first-order valence-electron chi connectivity index (χ1n) is 8.08. The van der Waals surface area contributed by atoms with Crippen molar-refractivity contribution in [3.63, 3.8) is 0 Å². The number of methoxy groups -OCH3 is 1. The zero-order chi connectivity index (χ0) is 18.7. The Morgan fingerprint density at radius 1 is 1.35 bits per heavy atom. The van der Waals surface area contributed by atoms with E-state index in [2.05, 4.69) is 68.2 Å². The maximum Gasteiger partial charge on any atom is 0.260 e. The number of ether oxygens (including phenoxy) is 1. The fraction of sp³-hybridized carbons (Fsp3) is 0.211.